The lowest BCUT2D eigenvalue weighted by Crippen LogP contribution is -2.44. The van der Waals surface area contributed by atoms with Crippen LogP contribution in [0.5, 0.6) is 0 Å². The third-order valence-corrected chi connectivity index (χ3v) is 6.98. The summed E-state index contributed by atoms with van der Waals surface area (Å²) < 4.78 is 0. The second kappa shape index (κ2) is 5.95. The van der Waals surface area contributed by atoms with Gasteiger partial charge in [0, 0.05) is 6.42 Å². The summed E-state index contributed by atoms with van der Waals surface area (Å²) in [4.78, 5) is 15.0. The highest BCUT2D eigenvalue weighted by Gasteiger charge is 2.54. The Kier molecular flexibility index (Phi) is 3.68. The van der Waals surface area contributed by atoms with E-state index in [4.69, 9.17) is 0 Å². The molecule has 3 atom stereocenters. The predicted molar refractivity (Wildman–Crippen MR) is 101 cm³/mol. The van der Waals surface area contributed by atoms with Crippen LogP contribution in [-0.4, -0.2) is 22.5 Å². The molecule has 5 rings (SSSR count). The molecule has 1 heterocycles. The number of nitrogens with zero attached hydrogens (tertiary/aromatic N) is 1. The molecule has 2 aromatic carbocycles. The first-order valence-electron chi connectivity index (χ1n) is 9.80. The third-order valence-electron chi connectivity index (χ3n) is 6.98. The maximum atomic E-state index is 13.1. The Labute approximate surface area is 154 Å². The zero-order valence-electron chi connectivity index (χ0n) is 15.0. The first-order valence-corrected chi connectivity index (χ1v) is 9.80. The lowest BCUT2D eigenvalue weighted by atomic mass is 9.55. The van der Waals surface area contributed by atoms with Crippen LogP contribution in [0.1, 0.15) is 60.9 Å². The number of aliphatic hydroxyl groups excluding tert-OH is 1. The van der Waals surface area contributed by atoms with Gasteiger partial charge < -0.3 is 10.0 Å². The molecule has 1 amide bonds. The van der Waals surface area contributed by atoms with E-state index in [1.54, 1.807) is 0 Å². The second-order valence-corrected chi connectivity index (χ2v) is 8.24. The molecule has 134 valence electrons. The quantitative estimate of drug-likeness (QED) is 0.907. The van der Waals surface area contributed by atoms with Crippen molar-refractivity contribution in [1.82, 2.24) is 4.90 Å². The lowest BCUT2D eigenvalue weighted by molar-refractivity contribution is -0.132. The monoisotopic (exact) mass is 347 g/mol. The Morgan fingerprint density at radius 1 is 1.08 bits per heavy atom. The number of fused-ring (bicyclic) bond motifs is 4. The Morgan fingerprint density at radius 3 is 2.50 bits per heavy atom. The van der Waals surface area contributed by atoms with Crippen molar-refractivity contribution >= 4 is 5.91 Å². The Morgan fingerprint density at radius 2 is 1.81 bits per heavy atom. The number of rotatable bonds is 3. The summed E-state index contributed by atoms with van der Waals surface area (Å²) in [6, 6.07) is 18.5. The van der Waals surface area contributed by atoms with Crippen molar-refractivity contribution in [3.05, 3.63) is 71.3 Å². The van der Waals surface area contributed by atoms with Gasteiger partial charge in [-0.1, -0.05) is 61.0 Å². The highest BCUT2D eigenvalue weighted by molar-refractivity contribution is 5.81. The van der Waals surface area contributed by atoms with E-state index in [2.05, 4.69) is 24.3 Å². The van der Waals surface area contributed by atoms with Crippen molar-refractivity contribution in [2.75, 3.05) is 6.61 Å². The van der Waals surface area contributed by atoms with E-state index in [0.29, 0.717) is 17.8 Å². The van der Waals surface area contributed by atoms with Crippen molar-refractivity contribution in [2.45, 2.75) is 49.6 Å². The van der Waals surface area contributed by atoms with Crippen molar-refractivity contribution < 1.29 is 9.90 Å². The Balaban J connectivity index is 1.60. The van der Waals surface area contributed by atoms with Gasteiger partial charge in [0.05, 0.1) is 18.7 Å². The molecule has 3 aliphatic rings. The van der Waals surface area contributed by atoms with E-state index >= 15 is 0 Å². The summed E-state index contributed by atoms with van der Waals surface area (Å²) in [5.41, 5.74) is 4.10. The van der Waals surface area contributed by atoms with Crippen LogP contribution < -0.4 is 0 Å². The first kappa shape index (κ1) is 16.1. The molecule has 3 heteroatoms. The minimum atomic E-state index is -0.262. The fourth-order valence-electron chi connectivity index (χ4n) is 5.73. The number of hydrogen-bond acceptors (Lipinski definition) is 2. The van der Waals surface area contributed by atoms with E-state index in [-0.39, 0.29) is 24.6 Å². The SMILES string of the molecule is O=C1C[C@H]2CC3(CCC3)c3ccccc3[C@H]2N1[C@H](CO)c1ccccc1. The van der Waals surface area contributed by atoms with Gasteiger partial charge in [-0.2, -0.15) is 0 Å². The molecule has 26 heavy (non-hydrogen) atoms. The summed E-state index contributed by atoms with van der Waals surface area (Å²) in [6.45, 7) is -0.0354. The number of carbonyl (C=O) groups is 1. The molecule has 0 aromatic heterocycles. The molecule has 2 aromatic rings. The molecule has 1 saturated carbocycles. The molecular formula is C23H25NO2. The highest BCUT2D eigenvalue weighted by Crippen LogP contribution is 2.60. The van der Waals surface area contributed by atoms with E-state index in [0.717, 1.165) is 12.0 Å². The molecule has 0 unspecified atom stereocenters. The van der Waals surface area contributed by atoms with Gasteiger partial charge in [-0.15, -0.1) is 0 Å². The van der Waals surface area contributed by atoms with Crippen molar-refractivity contribution in [3.63, 3.8) is 0 Å². The average Bonchev–Trinajstić information content (AvgIpc) is 2.97. The van der Waals surface area contributed by atoms with Gasteiger partial charge in [-0.25, -0.2) is 0 Å². The lowest BCUT2D eigenvalue weighted by Gasteiger charge is -2.51. The maximum Gasteiger partial charge on any atom is 0.224 e. The Hall–Kier alpha value is -2.13. The summed E-state index contributed by atoms with van der Waals surface area (Å²) in [6.07, 6.45) is 5.54. The van der Waals surface area contributed by atoms with Crippen LogP contribution in [0.2, 0.25) is 0 Å². The minimum Gasteiger partial charge on any atom is -0.394 e. The second-order valence-electron chi connectivity index (χ2n) is 8.24. The van der Waals surface area contributed by atoms with Gasteiger partial charge >= 0.3 is 0 Å². The molecule has 3 nitrogen and oxygen atoms in total. The smallest absolute Gasteiger partial charge is 0.224 e. The molecule has 1 aliphatic heterocycles. The van der Waals surface area contributed by atoms with Gasteiger partial charge in [-0.05, 0) is 47.3 Å². The summed E-state index contributed by atoms with van der Waals surface area (Å²) in [7, 11) is 0. The van der Waals surface area contributed by atoms with Crippen molar-refractivity contribution in [2.24, 2.45) is 5.92 Å². The molecule has 0 bridgehead atoms. The van der Waals surface area contributed by atoms with Gasteiger partial charge in [-0.3, -0.25) is 4.79 Å². The molecular weight excluding hydrogens is 322 g/mol. The summed E-state index contributed by atoms with van der Waals surface area (Å²) in [5.74, 6) is 0.560. The fourth-order valence-corrected chi connectivity index (χ4v) is 5.73. The van der Waals surface area contributed by atoms with Gasteiger partial charge in [0.1, 0.15) is 0 Å². The Bertz CT molecular complexity index is 827. The number of hydrogen-bond donors (Lipinski definition) is 1. The van der Waals surface area contributed by atoms with E-state index in [1.807, 2.05) is 35.2 Å². The average molecular weight is 347 g/mol. The van der Waals surface area contributed by atoms with Crippen LogP contribution in [-0.2, 0) is 10.2 Å². The normalized spacial score (nSPS) is 27.0. The number of benzene rings is 2. The number of likely N-dealkylation sites (tertiary alicyclic amines) is 1. The molecule has 1 spiro atoms. The van der Waals surface area contributed by atoms with Crippen LogP contribution in [0.4, 0.5) is 0 Å². The zero-order valence-corrected chi connectivity index (χ0v) is 15.0. The molecule has 0 radical (unpaired) electrons. The van der Waals surface area contributed by atoms with Crippen molar-refractivity contribution in [3.8, 4) is 0 Å². The first-order chi connectivity index (χ1) is 12.7. The largest absolute Gasteiger partial charge is 0.394 e. The van der Waals surface area contributed by atoms with E-state index in [9.17, 15) is 9.90 Å². The number of carbonyl (C=O) groups excluding carboxylic acids is 1. The molecule has 1 saturated heterocycles. The number of aliphatic hydroxyl groups is 1. The van der Waals surface area contributed by atoms with Crippen molar-refractivity contribution in [1.29, 1.82) is 0 Å². The predicted octanol–water partition coefficient (Wildman–Crippen LogP) is 4.14. The zero-order chi connectivity index (χ0) is 17.7. The third kappa shape index (κ3) is 2.20. The van der Waals surface area contributed by atoms with Gasteiger partial charge in [0.15, 0.2) is 0 Å². The number of amides is 1. The standard InChI is InChI=1S/C23H25NO2/c25-15-20(16-7-2-1-3-8-16)24-21(26)13-17-14-23(11-6-12-23)19-10-5-4-9-18(19)22(17)24/h1-5,7-10,17,20,22,25H,6,11-15H2/t17-,20+,22-/m0/s1. The topological polar surface area (TPSA) is 40.5 Å². The van der Waals surface area contributed by atoms with Gasteiger partial charge in [0.2, 0.25) is 5.91 Å². The van der Waals surface area contributed by atoms with Crippen LogP contribution >= 0.6 is 0 Å². The van der Waals surface area contributed by atoms with Gasteiger partial charge in [0.25, 0.3) is 0 Å². The van der Waals surface area contributed by atoms with E-state index in [1.165, 1.54) is 30.4 Å². The molecule has 2 fully saturated rings. The van der Waals surface area contributed by atoms with Crippen LogP contribution in [0.25, 0.3) is 0 Å². The highest BCUT2D eigenvalue weighted by atomic mass is 16.3. The van der Waals surface area contributed by atoms with Crippen LogP contribution in [0.15, 0.2) is 54.6 Å². The molecule has 1 N–H and O–H groups in total. The van der Waals surface area contributed by atoms with Crippen LogP contribution in [0, 0.1) is 5.92 Å². The fraction of sp³-hybridized carbons (Fsp3) is 0.435. The summed E-state index contributed by atoms with van der Waals surface area (Å²) >= 11 is 0. The van der Waals surface area contributed by atoms with E-state index < -0.39 is 0 Å². The maximum absolute atomic E-state index is 13.1. The van der Waals surface area contributed by atoms with Crippen LogP contribution in [0.3, 0.4) is 0 Å². The minimum absolute atomic E-state index is 0.0354. The molecule has 2 aliphatic carbocycles. The summed E-state index contributed by atoms with van der Waals surface area (Å²) in [5, 5.41) is 10.2.